The minimum absolute atomic E-state index is 0.169. The van der Waals surface area contributed by atoms with Crippen molar-refractivity contribution >= 4 is 28.1 Å². The number of hydrogen-bond acceptors (Lipinski definition) is 2. The zero-order valence-electron chi connectivity index (χ0n) is 11.0. The molecule has 0 bridgehead atoms. The van der Waals surface area contributed by atoms with Gasteiger partial charge in [-0.1, -0.05) is 12.1 Å². The molecule has 2 aromatic rings. The molecule has 1 N–H and O–H groups in total. The van der Waals surface area contributed by atoms with Crippen molar-refractivity contribution in [3.63, 3.8) is 0 Å². The van der Waals surface area contributed by atoms with Gasteiger partial charge < -0.3 is 0 Å². The Morgan fingerprint density at radius 3 is 2.04 bits per heavy atom. The summed E-state index contributed by atoms with van der Waals surface area (Å²) < 4.78 is 66.0. The van der Waals surface area contributed by atoms with Crippen molar-refractivity contribution in [3.05, 3.63) is 69.0 Å². The number of nitrogens with one attached hydrogen (secondary N) is 1. The molecule has 0 saturated heterocycles. The van der Waals surface area contributed by atoms with Gasteiger partial charge in [-0.15, -0.1) is 0 Å². The highest BCUT2D eigenvalue weighted by Gasteiger charge is 2.24. The molecule has 0 saturated carbocycles. The summed E-state index contributed by atoms with van der Waals surface area (Å²) in [6.07, 6.45) is 0.338. The summed E-state index contributed by atoms with van der Waals surface area (Å²) in [5.41, 5.74) is 0.838. The molecule has 0 fully saturated rings. The lowest BCUT2D eigenvalue weighted by Gasteiger charge is -2.04. The van der Waals surface area contributed by atoms with Crippen molar-refractivity contribution in [2.45, 2.75) is 0 Å². The highest BCUT2D eigenvalue weighted by Crippen LogP contribution is 2.21. The largest absolute Gasteiger partial charge is 0.272 e. The third kappa shape index (κ3) is 3.39. The number of hydrogen-bond donors (Lipinski definition) is 1. The van der Waals surface area contributed by atoms with Crippen LogP contribution in [-0.4, -0.2) is 12.1 Å². The Morgan fingerprint density at radius 2 is 1.48 bits per heavy atom. The van der Waals surface area contributed by atoms with Crippen LogP contribution in [0.15, 0.2) is 33.8 Å². The molecule has 2 aromatic carbocycles. The molecule has 23 heavy (non-hydrogen) atoms. The van der Waals surface area contributed by atoms with E-state index >= 15 is 0 Å². The van der Waals surface area contributed by atoms with Gasteiger partial charge in [-0.2, -0.15) is 5.10 Å². The van der Waals surface area contributed by atoms with Crippen molar-refractivity contribution < 1.29 is 26.7 Å². The normalized spacial score (nSPS) is 11.0. The van der Waals surface area contributed by atoms with Crippen molar-refractivity contribution in [2.24, 2.45) is 5.10 Å². The maximum absolute atomic E-state index is 13.4. The maximum atomic E-state index is 13.4. The number of amides is 1. The number of halogens is 6. The maximum Gasteiger partial charge on any atom is 0.272 e. The molecule has 9 heteroatoms. The Bertz CT molecular complexity index is 781. The number of nitrogens with zero attached hydrogens (tertiary/aromatic N) is 1. The quantitative estimate of drug-likeness (QED) is 0.278. The monoisotopic (exact) mass is 392 g/mol. The first kappa shape index (κ1) is 17.1. The molecule has 120 valence electrons. The van der Waals surface area contributed by atoms with Gasteiger partial charge in [0.15, 0.2) is 23.3 Å². The average Bonchev–Trinajstić information content (AvgIpc) is 2.54. The molecule has 2 rings (SSSR count). The topological polar surface area (TPSA) is 41.5 Å². The smallest absolute Gasteiger partial charge is 0.267 e. The van der Waals surface area contributed by atoms with Gasteiger partial charge in [0.1, 0.15) is 0 Å². The predicted molar refractivity (Wildman–Crippen MR) is 75.4 cm³/mol. The number of benzene rings is 2. The summed E-state index contributed by atoms with van der Waals surface area (Å²) in [6.45, 7) is 0. The molecular weight excluding hydrogens is 387 g/mol. The first-order valence-corrected chi connectivity index (χ1v) is 6.73. The minimum Gasteiger partial charge on any atom is -0.267 e. The van der Waals surface area contributed by atoms with Gasteiger partial charge in [0.05, 0.1) is 17.3 Å². The van der Waals surface area contributed by atoms with Crippen LogP contribution in [0.5, 0.6) is 0 Å². The second kappa shape index (κ2) is 6.86. The minimum atomic E-state index is -2.27. The van der Waals surface area contributed by atoms with Crippen molar-refractivity contribution in [1.29, 1.82) is 0 Å². The SMILES string of the molecule is O=C(N/N=C\c1c(F)c(F)c(F)c(F)c1F)c1ccccc1Br. The second-order valence-electron chi connectivity index (χ2n) is 4.16. The van der Waals surface area contributed by atoms with E-state index in [1.54, 1.807) is 18.2 Å². The first-order valence-electron chi connectivity index (χ1n) is 5.94. The van der Waals surface area contributed by atoms with Crippen LogP contribution in [0.4, 0.5) is 22.0 Å². The molecule has 0 unspecified atom stereocenters. The van der Waals surface area contributed by atoms with E-state index in [4.69, 9.17) is 0 Å². The number of carbonyl (C=O) groups excluding carboxylic acids is 1. The second-order valence-corrected chi connectivity index (χ2v) is 5.02. The van der Waals surface area contributed by atoms with E-state index in [2.05, 4.69) is 21.0 Å². The third-order valence-corrected chi connectivity index (χ3v) is 3.41. The lowest BCUT2D eigenvalue weighted by molar-refractivity contribution is 0.0954. The van der Waals surface area contributed by atoms with Crippen LogP contribution in [0.3, 0.4) is 0 Å². The predicted octanol–water partition coefficient (Wildman–Crippen LogP) is 3.91. The van der Waals surface area contributed by atoms with Crippen LogP contribution in [0.25, 0.3) is 0 Å². The van der Waals surface area contributed by atoms with Crippen molar-refractivity contribution in [2.75, 3.05) is 0 Å². The fourth-order valence-corrected chi connectivity index (χ4v) is 2.06. The molecule has 0 heterocycles. The van der Waals surface area contributed by atoms with Crippen LogP contribution in [0, 0.1) is 29.1 Å². The van der Waals surface area contributed by atoms with Crippen LogP contribution < -0.4 is 5.43 Å². The van der Waals surface area contributed by atoms with Crippen LogP contribution in [0.1, 0.15) is 15.9 Å². The van der Waals surface area contributed by atoms with Crippen molar-refractivity contribution in [1.82, 2.24) is 5.43 Å². The first-order chi connectivity index (χ1) is 10.8. The van der Waals surface area contributed by atoms with E-state index in [1.165, 1.54) is 6.07 Å². The van der Waals surface area contributed by atoms with E-state index in [1.807, 2.05) is 5.43 Å². The van der Waals surface area contributed by atoms with Gasteiger partial charge >= 0.3 is 0 Å². The molecule has 0 radical (unpaired) electrons. The third-order valence-electron chi connectivity index (χ3n) is 2.72. The number of carbonyl (C=O) groups is 1. The van der Waals surface area contributed by atoms with Gasteiger partial charge in [-0.05, 0) is 28.1 Å². The molecule has 0 aliphatic carbocycles. The summed E-state index contributed by atoms with van der Waals surface area (Å²) in [5.74, 6) is -11.3. The molecule has 0 aromatic heterocycles. The standard InChI is InChI=1S/C14H6BrF5N2O/c15-8-4-2-1-3-6(8)14(23)22-21-5-7-9(16)11(18)13(20)12(19)10(7)17/h1-5H,(H,22,23)/b21-5-. The van der Waals surface area contributed by atoms with Crippen molar-refractivity contribution in [3.8, 4) is 0 Å². The van der Waals surface area contributed by atoms with Gasteiger partial charge in [0, 0.05) is 4.47 Å². The average molecular weight is 393 g/mol. The van der Waals surface area contributed by atoms with Gasteiger partial charge in [0.25, 0.3) is 5.91 Å². The van der Waals surface area contributed by atoms with E-state index in [0.717, 1.165) is 0 Å². The Labute approximate surface area is 134 Å². The van der Waals surface area contributed by atoms with E-state index in [-0.39, 0.29) is 5.56 Å². The molecule has 0 aliphatic heterocycles. The summed E-state index contributed by atoms with van der Waals surface area (Å²) in [5, 5.41) is 3.21. The summed E-state index contributed by atoms with van der Waals surface area (Å²) in [4.78, 5) is 11.8. The fourth-order valence-electron chi connectivity index (χ4n) is 1.60. The molecule has 1 amide bonds. The number of hydrazone groups is 1. The van der Waals surface area contributed by atoms with Gasteiger partial charge in [-0.3, -0.25) is 4.79 Å². The van der Waals surface area contributed by atoms with Crippen LogP contribution in [0.2, 0.25) is 0 Å². The fraction of sp³-hybridized carbons (Fsp3) is 0. The lowest BCUT2D eigenvalue weighted by Crippen LogP contribution is -2.18. The highest BCUT2D eigenvalue weighted by atomic mass is 79.9. The summed E-state index contributed by atoms with van der Waals surface area (Å²) >= 11 is 3.11. The highest BCUT2D eigenvalue weighted by molar-refractivity contribution is 9.10. The number of rotatable bonds is 3. The van der Waals surface area contributed by atoms with E-state index < -0.39 is 40.6 Å². The Hall–Kier alpha value is -2.29. The summed E-state index contributed by atoms with van der Waals surface area (Å²) in [7, 11) is 0. The van der Waals surface area contributed by atoms with Gasteiger partial charge in [0.2, 0.25) is 5.82 Å². The molecule has 0 atom stereocenters. The zero-order valence-corrected chi connectivity index (χ0v) is 12.6. The Morgan fingerprint density at radius 1 is 0.957 bits per heavy atom. The van der Waals surface area contributed by atoms with Crippen LogP contribution in [-0.2, 0) is 0 Å². The molecular formula is C14H6BrF5N2O. The van der Waals surface area contributed by atoms with Gasteiger partial charge in [-0.25, -0.2) is 27.4 Å². The summed E-state index contributed by atoms with van der Waals surface area (Å²) in [6, 6.07) is 6.22. The molecule has 3 nitrogen and oxygen atoms in total. The van der Waals surface area contributed by atoms with E-state index in [9.17, 15) is 26.7 Å². The Balaban J connectivity index is 2.25. The molecule has 0 spiro atoms. The van der Waals surface area contributed by atoms with Crippen LogP contribution >= 0.6 is 15.9 Å². The van der Waals surface area contributed by atoms with E-state index in [0.29, 0.717) is 10.7 Å². The zero-order chi connectivity index (χ0) is 17.1. The lowest BCUT2D eigenvalue weighted by atomic mass is 10.2. The molecule has 0 aliphatic rings. The Kier molecular flexibility index (Phi) is 5.09.